The molecule has 1 aromatic rings. The fourth-order valence-electron chi connectivity index (χ4n) is 1.36. The minimum Gasteiger partial charge on any atom is -0.398 e. The number of nitrogens with two attached hydrogens (primary N) is 1. The van der Waals surface area contributed by atoms with Crippen molar-refractivity contribution in [2.45, 2.75) is 25.2 Å². The molecule has 0 fully saturated rings. The molecule has 1 rings (SSSR count). The van der Waals surface area contributed by atoms with Crippen LogP contribution in [0.1, 0.15) is 18.9 Å². The van der Waals surface area contributed by atoms with Crippen molar-refractivity contribution in [1.82, 2.24) is 10.0 Å². The van der Waals surface area contributed by atoms with Gasteiger partial charge in [-0.3, -0.25) is 0 Å². The molecule has 7 heteroatoms. The third-order valence-electron chi connectivity index (χ3n) is 2.22. The Kier molecular flexibility index (Phi) is 4.55. The molecule has 100 valence electrons. The minimum atomic E-state index is -3.92. The predicted molar refractivity (Wildman–Crippen MR) is 69.6 cm³/mol. The van der Waals surface area contributed by atoms with E-state index < -0.39 is 16.1 Å². The van der Waals surface area contributed by atoms with Crippen molar-refractivity contribution in [3.8, 4) is 0 Å². The van der Waals surface area contributed by atoms with Crippen LogP contribution >= 0.6 is 0 Å². The highest BCUT2D eigenvalue weighted by Gasteiger charge is 2.19. The fraction of sp³-hybridized carbons (Fsp3) is 0.364. The Morgan fingerprint density at radius 2 is 2.06 bits per heavy atom. The van der Waals surface area contributed by atoms with E-state index in [4.69, 9.17) is 5.73 Å². The van der Waals surface area contributed by atoms with Crippen LogP contribution in [0.25, 0.3) is 0 Å². The minimum absolute atomic E-state index is 0.0975. The van der Waals surface area contributed by atoms with E-state index in [0.29, 0.717) is 6.54 Å². The van der Waals surface area contributed by atoms with Gasteiger partial charge in [0.05, 0.1) is 5.69 Å². The normalized spacial score (nSPS) is 11.0. The molecule has 2 amide bonds. The molecule has 4 N–H and O–H groups in total. The number of urea groups is 1. The lowest BCUT2D eigenvalue weighted by atomic mass is 10.2. The van der Waals surface area contributed by atoms with E-state index in [2.05, 4.69) is 5.32 Å². The largest absolute Gasteiger partial charge is 0.398 e. The van der Waals surface area contributed by atoms with Crippen molar-refractivity contribution < 1.29 is 13.2 Å². The molecule has 0 unspecified atom stereocenters. The van der Waals surface area contributed by atoms with Gasteiger partial charge in [-0.1, -0.05) is 13.0 Å². The average molecular weight is 271 g/mol. The van der Waals surface area contributed by atoms with E-state index in [1.807, 2.05) is 11.6 Å². The Hall–Kier alpha value is -1.76. The highest BCUT2D eigenvalue weighted by molar-refractivity contribution is 7.90. The third-order valence-corrected chi connectivity index (χ3v) is 3.62. The van der Waals surface area contributed by atoms with Crippen LogP contribution in [0.3, 0.4) is 0 Å². The molecular formula is C11H17N3O3S. The summed E-state index contributed by atoms with van der Waals surface area (Å²) in [6, 6.07) is 3.78. The summed E-state index contributed by atoms with van der Waals surface area (Å²) in [5.74, 6) is 0. The molecule has 0 aromatic heterocycles. The van der Waals surface area contributed by atoms with E-state index >= 15 is 0 Å². The molecule has 0 heterocycles. The zero-order valence-electron chi connectivity index (χ0n) is 10.4. The van der Waals surface area contributed by atoms with E-state index in [0.717, 1.165) is 12.0 Å². The Morgan fingerprint density at radius 3 is 2.61 bits per heavy atom. The highest BCUT2D eigenvalue weighted by atomic mass is 32.2. The summed E-state index contributed by atoms with van der Waals surface area (Å²) < 4.78 is 25.7. The lowest BCUT2D eigenvalue weighted by Gasteiger charge is -2.10. The van der Waals surface area contributed by atoms with Gasteiger partial charge < -0.3 is 11.1 Å². The summed E-state index contributed by atoms with van der Waals surface area (Å²) in [7, 11) is -3.92. The molecule has 0 saturated carbocycles. The molecule has 0 spiro atoms. The quantitative estimate of drug-likeness (QED) is 0.710. The predicted octanol–water partition coefficient (Wildman–Crippen LogP) is 0.975. The smallest absolute Gasteiger partial charge is 0.328 e. The lowest BCUT2D eigenvalue weighted by molar-refractivity contribution is 0.246. The maximum Gasteiger partial charge on any atom is 0.328 e. The Morgan fingerprint density at radius 1 is 1.39 bits per heavy atom. The molecule has 1 aromatic carbocycles. The fourth-order valence-corrected chi connectivity index (χ4v) is 2.41. The standard InChI is InChI=1S/C11H17N3O3S/c1-3-6-13-11(15)14-18(16,17)10-5-4-8(2)7-9(10)12/h4-5,7H,3,6,12H2,1-2H3,(H2,13,14,15). The van der Waals surface area contributed by atoms with Gasteiger partial charge in [-0.2, -0.15) is 0 Å². The van der Waals surface area contributed by atoms with Crippen molar-refractivity contribution >= 4 is 21.7 Å². The Labute approximate surface area is 107 Å². The molecule has 0 aliphatic heterocycles. The van der Waals surface area contributed by atoms with Crippen LogP contribution < -0.4 is 15.8 Å². The van der Waals surface area contributed by atoms with Crippen LogP contribution in [0.15, 0.2) is 23.1 Å². The second-order valence-electron chi connectivity index (χ2n) is 3.90. The number of rotatable bonds is 4. The van der Waals surface area contributed by atoms with Gasteiger partial charge >= 0.3 is 6.03 Å². The molecular weight excluding hydrogens is 254 g/mol. The first-order chi connectivity index (χ1) is 8.36. The van der Waals surface area contributed by atoms with Crippen molar-refractivity contribution in [2.24, 2.45) is 0 Å². The van der Waals surface area contributed by atoms with Crippen LogP contribution in [0.2, 0.25) is 0 Å². The first-order valence-corrected chi connectivity index (χ1v) is 7.02. The summed E-state index contributed by atoms with van der Waals surface area (Å²) in [6.07, 6.45) is 0.722. The molecule has 6 nitrogen and oxygen atoms in total. The monoisotopic (exact) mass is 271 g/mol. The topological polar surface area (TPSA) is 101 Å². The number of amides is 2. The van der Waals surface area contributed by atoms with Gasteiger partial charge in [0.1, 0.15) is 4.90 Å². The molecule has 0 saturated heterocycles. The first-order valence-electron chi connectivity index (χ1n) is 5.53. The number of sulfonamides is 1. The van der Waals surface area contributed by atoms with Gasteiger partial charge in [0.2, 0.25) is 0 Å². The van der Waals surface area contributed by atoms with Crippen LogP contribution in [0.5, 0.6) is 0 Å². The van der Waals surface area contributed by atoms with E-state index in [-0.39, 0.29) is 10.6 Å². The molecule has 0 radical (unpaired) electrons. The maximum absolute atomic E-state index is 11.9. The number of carbonyl (C=O) groups excluding carboxylic acids is 1. The van der Waals surface area contributed by atoms with E-state index in [1.165, 1.54) is 6.07 Å². The van der Waals surface area contributed by atoms with Gasteiger partial charge in [-0.05, 0) is 31.0 Å². The summed E-state index contributed by atoms with van der Waals surface area (Å²) >= 11 is 0. The second kappa shape index (κ2) is 5.72. The molecule has 0 atom stereocenters. The zero-order valence-corrected chi connectivity index (χ0v) is 11.2. The van der Waals surface area contributed by atoms with E-state index in [1.54, 1.807) is 19.1 Å². The SMILES string of the molecule is CCCNC(=O)NS(=O)(=O)c1ccc(C)cc1N. The molecule has 0 bridgehead atoms. The van der Waals surface area contributed by atoms with Crippen LogP contribution in [-0.2, 0) is 10.0 Å². The number of anilines is 1. The number of nitrogen functional groups attached to an aromatic ring is 1. The molecule has 0 aliphatic carbocycles. The maximum atomic E-state index is 11.9. The lowest BCUT2D eigenvalue weighted by Crippen LogP contribution is -2.39. The number of nitrogens with one attached hydrogen (secondary N) is 2. The third kappa shape index (κ3) is 3.63. The Balaban J connectivity index is 2.90. The van der Waals surface area contributed by atoms with E-state index in [9.17, 15) is 13.2 Å². The van der Waals surface area contributed by atoms with Gasteiger partial charge in [-0.15, -0.1) is 0 Å². The Bertz CT molecular complexity index is 540. The highest BCUT2D eigenvalue weighted by Crippen LogP contribution is 2.18. The molecule has 18 heavy (non-hydrogen) atoms. The first kappa shape index (κ1) is 14.3. The van der Waals surface area contributed by atoms with Crippen LogP contribution in [-0.4, -0.2) is 21.0 Å². The summed E-state index contributed by atoms with van der Waals surface area (Å²) in [5.41, 5.74) is 6.60. The molecule has 0 aliphatic rings. The van der Waals surface area contributed by atoms with Crippen LogP contribution in [0.4, 0.5) is 10.5 Å². The number of hydrogen-bond acceptors (Lipinski definition) is 4. The van der Waals surface area contributed by atoms with Gasteiger partial charge in [0, 0.05) is 6.54 Å². The zero-order chi connectivity index (χ0) is 13.8. The summed E-state index contributed by atoms with van der Waals surface area (Å²) in [4.78, 5) is 11.2. The van der Waals surface area contributed by atoms with Crippen molar-refractivity contribution in [3.63, 3.8) is 0 Å². The number of aryl methyl sites for hydroxylation is 1. The number of hydrogen-bond donors (Lipinski definition) is 3. The van der Waals surface area contributed by atoms with Crippen molar-refractivity contribution in [3.05, 3.63) is 23.8 Å². The average Bonchev–Trinajstić information content (AvgIpc) is 2.25. The number of benzene rings is 1. The summed E-state index contributed by atoms with van der Waals surface area (Å²) in [5, 5.41) is 2.42. The number of carbonyl (C=O) groups is 1. The van der Waals surface area contributed by atoms with Crippen molar-refractivity contribution in [1.29, 1.82) is 0 Å². The summed E-state index contributed by atoms with van der Waals surface area (Å²) in [6.45, 7) is 4.08. The second-order valence-corrected chi connectivity index (χ2v) is 5.55. The van der Waals surface area contributed by atoms with Crippen molar-refractivity contribution in [2.75, 3.05) is 12.3 Å². The van der Waals surface area contributed by atoms with Gasteiger partial charge in [0.15, 0.2) is 0 Å². The van der Waals surface area contributed by atoms with Gasteiger partial charge in [-0.25, -0.2) is 17.9 Å². The van der Waals surface area contributed by atoms with Crippen LogP contribution in [0, 0.1) is 6.92 Å². The van der Waals surface area contributed by atoms with Gasteiger partial charge in [0.25, 0.3) is 10.0 Å².